The van der Waals surface area contributed by atoms with Crippen molar-refractivity contribution in [2.24, 2.45) is 0 Å². The summed E-state index contributed by atoms with van der Waals surface area (Å²) < 4.78 is 30.9. The lowest BCUT2D eigenvalue weighted by atomic mass is 10.1. The van der Waals surface area contributed by atoms with E-state index in [0.29, 0.717) is 39.2 Å². The molecular formula is C21H18N4O5S. The first-order valence-electron chi connectivity index (χ1n) is 9.15. The molecule has 0 saturated carbocycles. The van der Waals surface area contributed by atoms with Gasteiger partial charge in [-0.05, 0) is 24.3 Å². The monoisotopic (exact) mass is 438 g/mol. The fraction of sp³-hybridized carbons (Fsp3) is 0.0952. The van der Waals surface area contributed by atoms with Gasteiger partial charge >= 0.3 is 0 Å². The number of hydrogen-bond donors (Lipinski definition) is 2. The zero-order valence-corrected chi connectivity index (χ0v) is 17.4. The van der Waals surface area contributed by atoms with Crippen LogP contribution in [-0.2, 0) is 10.0 Å². The minimum Gasteiger partial charge on any atom is -0.494 e. The molecule has 0 atom stereocenters. The molecule has 1 heterocycles. The number of nitrogens with one attached hydrogen (secondary N) is 2. The van der Waals surface area contributed by atoms with Gasteiger partial charge in [-0.1, -0.05) is 18.2 Å². The highest BCUT2D eigenvalue weighted by Crippen LogP contribution is 2.38. The van der Waals surface area contributed by atoms with Gasteiger partial charge in [-0.25, -0.2) is 13.4 Å². The number of nitro groups is 1. The maximum atomic E-state index is 11.5. The third-order valence-corrected chi connectivity index (χ3v) is 5.25. The summed E-state index contributed by atoms with van der Waals surface area (Å²) in [6.07, 6.45) is 1.07. The maximum absolute atomic E-state index is 11.5. The van der Waals surface area contributed by atoms with Crippen molar-refractivity contribution in [3.8, 4) is 5.75 Å². The number of nitrogens with zero attached hydrogens (tertiary/aromatic N) is 2. The molecule has 4 rings (SSSR count). The predicted molar refractivity (Wildman–Crippen MR) is 121 cm³/mol. The Labute approximate surface area is 177 Å². The van der Waals surface area contributed by atoms with Gasteiger partial charge in [0, 0.05) is 29.0 Å². The Morgan fingerprint density at radius 3 is 2.45 bits per heavy atom. The molecule has 0 spiro atoms. The molecule has 1 aromatic heterocycles. The smallest absolute Gasteiger partial charge is 0.271 e. The normalized spacial score (nSPS) is 11.4. The number of benzene rings is 3. The maximum Gasteiger partial charge on any atom is 0.271 e. The molecule has 0 radical (unpaired) electrons. The van der Waals surface area contributed by atoms with E-state index in [2.05, 4.69) is 15.0 Å². The Kier molecular flexibility index (Phi) is 5.07. The average Bonchev–Trinajstić information content (AvgIpc) is 2.72. The zero-order chi connectivity index (χ0) is 22.2. The van der Waals surface area contributed by atoms with E-state index >= 15 is 0 Å². The number of fused-ring (bicyclic) bond motifs is 2. The minimum atomic E-state index is -3.43. The van der Waals surface area contributed by atoms with Gasteiger partial charge in [-0.15, -0.1) is 0 Å². The van der Waals surface area contributed by atoms with Crippen LogP contribution in [0, 0.1) is 10.1 Å². The number of ether oxygens (including phenoxy) is 1. The molecule has 3 aromatic carbocycles. The van der Waals surface area contributed by atoms with E-state index in [1.807, 2.05) is 24.3 Å². The third-order valence-electron chi connectivity index (χ3n) is 4.64. The van der Waals surface area contributed by atoms with Crippen LogP contribution in [0.25, 0.3) is 21.8 Å². The van der Waals surface area contributed by atoms with E-state index in [-0.39, 0.29) is 5.69 Å². The van der Waals surface area contributed by atoms with E-state index in [4.69, 9.17) is 4.74 Å². The number of para-hydroxylation sites is 1. The van der Waals surface area contributed by atoms with Crippen LogP contribution in [0.4, 0.5) is 22.7 Å². The molecular weight excluding hydrogens is 420 g/mol. The van der Waals surface area contributed by atoms with Crippen LogP contribution in [0.2, 0.25) is 0 Å². The van der Waals surface area contributed by atoms with Gasteiger partial charge in [-0.2, -0.15) is 0 Å². The zero-order valence-electron chi connectivity index (χ0n) is 16.6. The number of methoxy groups -OCH3 is 1. The van der Waals surface area contributed by atoms with E-state index < -0.39 is 14.9 Å². The fourth-order valence-corrected chi connectivity index (χ4v) is 3.89. The summed E-state index contributed by atoms with van der Waals surface area (Å²) >= 11 is 0. The van der Waals surface area contributed by atoms with Gasteiger partial charge < -0.3 is 10.1 Å². The van der Waals surface area contributed by atoms with Gasteiger partial charge in [0.15, 0.2) is 0 Å². The highest BCUT2D eigenvalue weighted by molar-refractivity contribution is 7.92. The van der Waals surface area contributed by atoms with Gasteiger partial charge in [0.25, 0.3) is 5.69 Å². The predicted octanol–water partition coefficient (Wildman–Crippen LogP) is 4.42. The third kappa shape index (κ3) is 4.19. The first kappa shape index (κ1) is 20.4. The topological polar surface area (TPSA) is 123 Å². The van der Waals surface area contributed by atoms with Crippen molar-refractivity contribution < 1.29 is 18.1 Å². The van der Waals surface area contributed by atoms with Gasteiger partial charge in [0.1, 0.15) is 5.75 Å². The Morgan fingerprint density at radius 2 is 1.74 bits per heavy atom. The van der Waals surface area contributed by atoms with Crippen molar-refractivity contribution >= 4 is 54.6 Å². The SMILES string of the molecule is COc1cc(NS(C)(=O)=O)ccc1Nc1c2ccccc2nc2cc([N+](=O)[O-])ccc12. The van der Waals surface area contributed by atoms with Crippen molar-refractivity contribution in [3.05, 3.63) is 70.8 Å². The van der Waals surface area contributed by atoms with Crippen LogP contribution in [0.1, 0.15) is 0 Å². The summed E-state index contributed by atoms with van der Waals surface area (Å²) in [7, 11) is -1.95. The van der Waals surface area contributed by atoms with Crippen LogP contribution in [0.15, 0.2) is 60.7 Å². The number of anilines is 3. The molecule has 0 aliphatic carbocycles. The van der Waals surface area contributed by atoms with E-state index in [9.17, 15) is 18.5 Å². The Bertz CT molecular complexity index is 1440. The lowest BCUT2D eigenvalue weighted by Crippen LogP contribution is -2.09. The standard InChI is InChI=1S/C21H18N4O5S/c1-30-20-11-13(24-31(2,28)29)7-10-18(20)23-21-15-5-3-4-6-17(15)22-19-12-14(25(26)27)8-9-16(19)21/h3-12,24H,1-2H3,(H,22,23). The quantitative estimate of drug-likeness (QED) is 0.259. The number of hydrogen-bond acceptors (Lipinski definition) is 7. The Morgan fingerprint density at radius 1 is 1.00 bits per heavy atom. The Balaban J connectivity index is 1.88. The van der Waals surface area contributed by atoms with Crippen LogP contribution in [0.5, 0.6) is 5.75 Å². The summed E-state index contributed by atoms with van der Waals surface area (Å²) in [5.41, 5.74) is 2.77. The van der Waals surface area contributed by atoms with Crippen LogP contribution >= 0.6 is 0 Å². The highest BCUT2D eigenvalue weighted by Gasteiger charge is 2.15. The van der Waals surface area contributed by atoms with Crippen molar-refractivity contribution in [2.45, 2.75) is 0 Å². The second-order valence-corrected chi connectivity index (χ2v) is 8.63. The largest absolute Gasteiger partial charge is 0.494 e. The lowest BCUT2D eigenvalue weighted by molar-refractivity contribution is -0.384. The summed E-state index contributed by atoms with van der Waals surface area (Å²) in [4.78, 5) is 15.3. The molecule has 31 heavy (non-hydrogen) atoms. The fourth-order valence-electron chi connectivity index (χ4n) is 3.34. The molecule has 0 aliphatic heterocycles. The van der Waals surface area contributed by atoms with Crippen molar-refractivity contribution in [3.63, 3.8) is 0 Å². The molecule has 0 fully saturated rings. The average molecular weight is 438 g/mol. The number of aromatic nitrogens is 1. The van der Waals surface area contributed by atoms with Gasteiger partial charge in [0.05, 0.1) is 46.4 Å². The van der Waals surface area contributed by atoms with Crippen molar-refractivity contribution in [2.75, 3.05) is 23.4 Å². The van der Waals surface area contributed by atoms with Crippen molar-refractivity contribution in [1.29, 1.82) is 0 Å². The summed E-state index contributed by atoms with van der Waals surface area (Å²) in [5.74, 6) is 0.421. The highest BCUT2D eigenvalue weighted by atomic mass is 32.2. The molecule has 0 saturated heterocycles. The molecule has 0 amide bonds. The number of sulfonamides is 1. The van der Waals surface area contributed by atoms with Crippen LogP contribution in [0.3, 0.4) is 0 Å². The molecule has 0 bridgehead atoms. The van der Waals surface area contributed by atoms with Crippen LogP contribution in [-0.4, -0.2) is 31.7 Å². The molecule has 4 aromatic rings. The molecule has 0 aliphatic rings. The number of non-ortho nitro benzene ring substituents is 1. The van der Waals surface area contributed by atoms with E-state index in [0.717, 1.165) is 11.6 Å². The van der Waals surface area contributed by atoms with Gasteiger partial charge in [-0.3, -0.25) is 14.8 Å². The molecule has 2 N–H and O–H groups in total. The molecule has 10 heteroatoms. The second-order valence-electron chi connectivity index (χ2n) is 6.88. The first-order chi connectivity index (χ1) is 14.7. The number of rotatable bonds is 6. The molecule has 158 valence electrons. The van der Waals surface area contributed by atoms with E-state index in [1.54, 1.807) is 24.3 Å². The summed E-state index contributed by atoms with van der Waals surface area (Å²) in [6.45, 7) is 0. The second kappa shape index (κ2) is 7.73. The summed E-state index contributed by atoms with van der Waals surface area (Å²) in [6, 6.07) is 16.8. The van der Waals surface area contributed by atoms with E-state index in [1.165, 1.54) is 19.2 Å². The molecule has 0 unspecified atom stereocenters. The Hall–Kier alpha value is -3.92. The lowest BCUT2D eigenvalue weighted by Gasteiger charge is -2.16. The summed E-state index contributed by atoms with van der Waals surface area (Å²) in [5, 5.41) is 16.1. The van der Waals surface area contributed by atoms with Crippen LogP contribution < -0.4 is 14.8 Å². The minimum absolute atomic E-state index is 0.0463. The molecule has 9 nitrogen and oxygen atoms in total. The van der Waals surface area contributed by atoms with Crippen molar-refractivity contribution in [1.82, 2.24) is 4.98 Å². The number of nitro benzene ring substituents is 1. The first-order valence-corrected chi connectivity index (χ1v) is 11.0. The number of pyridine rings is 1. The van der Waals surface area contributed by atoms with Gasteiger partial charge in [0.2, 0.25) is 10.0 Å².